The van der Waals surface area contributed by atoms with E-state index in [1.807, 2.05) is 6.92 Å². The Bertz CT molecular complexity index is 259. The van der Waals surface area contributed by atoms with E-state index in [0.717, 1.165) is 38.8 Å². The molecule has 0 radical (unpaired) electrons. The van der Waals surface area contributed by atoms with E-state index in [1.54, 1.807) is 0 Å². The van der Waals surface area contributed by atoms with Crippen LogP contribution < -0.4 is 5.32 Å². The standard InChI is InChI=1S/C15H30N2O2/c1-3-4-5-10-16-15(19)13(2)17-11-6-8-14(17)9-7-12-18/h13-14,18H,3-12H2,1-2H3,(H,16,19). The number of hydrogen-bond acceptors (Lipinski definition) is 3. The molecule has 0 spiro atoms. The van der Waals surface area contributed by atoms with Gasteiger partial charge in [-0.05, 0) is 45.6 Å². The van der Waals surface area contributed by atoms with Gasteiger partial charge in [0.1, 0.15) is 0 Å². The van der Waals surface area contributed by atoms with Gasteiger partial charge in [-0.15, -0.1) is 0 Å². The first kappa shape index (κ1) is 16.4. The first-order valence-corrected chi connectivity index (χ1v) is 7.85. The van der Waals surface area contributed by atoms with Gasteiger partial charge in [0.05, 0.1) is 6.04 Å². The van der Waals surface area contributed by atoms with Crippen molar-refractivity contribution >= 4 is 5.91 Å². The highest BCUT2D eigenvalue weighted by molar-refractivity contribution is 5.81. The van der Waals surface area contributed by atoms with E-state index in [-0.39, 0.29) is 18.6 Å². The topological polar surface area (TPSA) is 52.6 Å². The van der Waals surface area contributed by atoms with E-state index in [0.29, 0.717) is 6.04 Å². The maximum absolute atomic E-state index is 12.1. The van der Waals surface area contributed by atoms with Gasteiger partial charge in [0.2, 0.25) is 5.91 Å². The number of nitrogens with one attached hydrogen (secondary N) is 1. The molecule has 2 N–H and O–H groups in total. The Labute approximate surface area is 117 Å². The van der Waals surface area contributed by atoms with E-state index in [9.17, 15) is 4.79 Å². The molecule has 1 amide bonds. The summed E-state index contributed by atoms with van der Waals surface area (Å²) >= 11 is 0. The highest BCUT2D eigenvalue weighted by Crippen LogP contribution is 2.23. The Balaban J connectivity index is 2.33. The van der Waals surface area contributed by atoms with E-state index in [1.165, 1.54) is 19.3 Å². The second-order valence-corrected chi connectivity index (χ2v) is 5.57. The Morgan fingerprint density at radius 3 is 2.89 bits per heavy atom. The third kappa shape index (κ3) is 5.49. The second kappa shape index (κ2) is 9.32. The van der Waals surface area contributed by atoms with Crippen LogP contribution in [0.25, 0.3) is 0 Å². The summed E-state index contributed by atoms with van der Waals surface area (Å²) < 4.78 is 0. The summed E-state index contributed by atoms with van der Waals surface area (Å²) in [4.78, 5) is 14.4. The number of aliphatic hydroxyl groups excluding tert-OH is 1. The number of carbonyl (C=O) groups excluding carboxylic acids is 1. The molecule has 1 fully saturated rings. The zero-order valence-electron chi connectivity index (χ0n) is 12.5. The molecule has 1 aliphatic heterocycles. The zero-order valence-corrected chi connectivity index (χ0v) is 12.5. The molecule has 112 valence electrons. The Morgan fingerprint density at radius 1 is 1.42 bits per heavy atom. The van der Waals surface area contributed by atoms with Gasteiger partial charge in [-0.1, -0.05) is 19.8 Å². The summed E-state index contributed by atoms with van der Waals surface area (Å²) in [5, 5.41) is 12.0. The summed E-state index contributed by atoms with van der Waals surface area (Å²) in [5.74, 6) is 0.159. The van der Waals surface area contributed by atoms with Crippen molar-refractivity contribution < 1.29 is 9.90 Å². The minimum atomic E-state index is -0.0344. The van der Waals surface area contributed by atoms with Crippen LogP contribution in [0.3, 0.4) is 0 Å². The van der Waals surface area contributed by atoms with Crippen LogP contribution in [0, 0.1) is 0 Å². The number of rotatable bonds is 9. The fraction of sp³-hybridized carbons (Fsp3) is 0.933. The fourth-order valence-corrected chi connectivity index (χ4v) is 2.89. The van der Waals surface area contributed by atoms with Crippen molar-refractivity contribution in [2.45, 2.75) is 70.9 Å². The molecule has 0 aromatic rings. The predicted octanol–water partition coefficient (Wildman–Crippen LogP) is 1.92. The normalized spacial score (nSPS) is 21.5. The molecule has 0 saturated carbocycles. The Morgan fingerprint density at radius 2 is 2.21 bits per heavy atom. The van der Waals surface area contributed by atoms with Crippen LogP contribution in [-0.4, -0.2) is 47.7 Å². The molecule has 0 aromatic carbocycles. The third-order valence-electron chi connectivity index (χ3n) is 4.07. The summed E-state index contributed by atoms with van der Waals surface area (Å²) in [6, 6.07) is 0.441. The molecular formula is C15H30N2O2. The van der Waals surface area contributed by atoms with Gasteiger partial charge in [-0.3, -0.25) is 9.69 Å². The number of amides is 1. The number of unbranched alkanes of at least 4 members (excludes halogenated alkanes) is 2. The van der Waals surface area contributed by atoms with Crippen LogP contribution in [0.15, 0.2) is 0 Å². The van der Waals surface area contributed by atoms with Crippen LogP contribution in [0.4, 0.5) is 0 Å². The average molecular weight is 270 g/mol. The first-order chi connectivity index (χ1) is 9.20. The zero-order chi connectivity index (χ0) is 14.1. The summed E-state index contributed by atoms with van der Waals surface area (Å²) in [6.45, 7) is 6.24. The smallest absolute Gasteiger partial charge is 0.237 e. The summed E-state index contributed by atoms with van der Waals surface area (Å²) in [7, 11) is 0. The quantitative estimate of drug-likeness (QED) is 0.629. The van der Waals surface area contributed by atoms with Gasteiger partial charge in [0.25, 0.3) is 0 Å². The van der Waals surface area contributed by atoms with E-state index < -0.39 is 0 Å². The fourth-order valence-electron chi connectivity index (χ4n) is 2.89. The highest BCUT2D eigenvalue weighted by atomic mass is 16.3. The van der Waals surface area contributed by atoms with Crippen LogP contribution in [0.5, 0.6) is 0 Å². The van der Waals surface area contributed by atoms with E-state index >= 15 is 0 Å². The average Bonchev–Trinajstić information content (AvgIpc) is 2.88. The molecule has 1 rings (SSSR count). The monoisotopic (exact) mass is 270 g/mol. The molecule has 1 heterocycles. The predicted molar refractivity (Wildman–Crippen MR) is 78.0 cm³/mol. The molecule has 1 aliphatic rings. The molecule has 0 bridgehead atoms. The van der Waals surface area contributed by atoms with Crippen molar-refractivity contribution in [1.82, 2.24) is 10.2 Å². The lowest BCUT2D eigenvalue weighted by molar-refractivity contribution is -0.126. The molecule has 2 unspecified atom stereocenters. The van der Waals surface area contributed by atoms with Gasteiger partial charge in [-0.2, -0.15) is 0 Å². The second-order valence-electron chi connectivity index (χ2n) is 5.57. The van der Waals surface area contributed by atoms with Gasteiger partial charge in [0.15, 0.2) is 0 Å². The van der Waals surface area contributed by atoms with Crippen LogP contribution in [0.1, 0.15) is 58.8 Å². The minimum Gasteiger partial charge on any atom is -0.396 e. The van der Waals surface area contributed by atoms with Crippen LogP contribution >= 0.6 is 0 Å². The third-order valence-corrected chi connectivity index (χ3v) is 4.07. The lowest BCUT2D eigenvalue weighted by Gasteiger charge is -2.29. The van der Waals surface area contributed by atoms with Crippen LogP contribution in [0.2, 0.25) is 0 Å². The molecule has 19 heavy (non-hydrogen) atoms. The van der Waals surface area contributed by atoms with Crippen molar-refractivity contribution in [3.8, 4) is 0 Å². The SMILES string of the molecule is CCCCCNC(=O)C(C)N1CCCC1CCCO. The van der Waals surface area contributed by atoms with E-state index in [2.05, 4.69) is 17.1 Å². The molecule has 1 saturated heterocycles. The van der Waals surface area contributed by atoms with Crippen molar-refractivity contribution in [1.29, 1.82) is 0 Å². The van der Waals surface area contributed by atoms with Gasteiger partial charge >= 0.3 is 0 Å². The van der Waals surface area contributed by atoms with Gasteiger partial charge < -0.3 is 10.4 Å². The highest BCUT2D eigenvalue weighted by Gasteiger charge is 2.31. The maximum Gasteiger partial charge on any atom is 0.237 e. The largest absolute Gasteiger partial charge is 0.396 e. The molecule has 0 aromatic heterocycles. The van der Waals surface area contributed by atoms with Crippen molar-refractivity contribution in [2.75, 3.05) is 19.7 Å². The lowest BCUT2D eigenvalue weighted by atomic mass is 10.1. The number of nitrogens with zero attached hydrogens (tertiary/aromatic N) is 1. The molecule has 0 aliphatic carbocycles. The molecule has 4 nitrogen and oxygen atoms in total. The van der Waals surface area contributed by atoms with Crippen molar-refractivity contribution in [3.05, 3.63) is 0 Å². The van der Waals surface area contributed by atoms with Crippen LogP contribution in [-0.2, 0) is 4.79 Å². The summed E-state index contributed by atoms with van der Waals surface area (Å²) in [5.41, 5.74) is 0. The number of likely N-dealkylation sites (tertiary alicyclic amines) is 1. The number of carbonyl (C=O) groups is 1. The number of aliphatic hydroxyl groups is 1. The first-order valence-electron chi connectivity index (χ1n) is 7.85. The number of hydrogen-bond donors (Lipinski definition) is 2. The van der Waals surface area contributed by atoms with E-state index in [4.69, 9.17) is 5.11 Å². The summed E-state index contributed by atoms with van der Waals surface area (Å²) in [6.07, 6.45) is 7.61. The van der Waals surface area contributed by atoms with Gasteiger partial charge in [-0.25, -0.2) is 0 Å². The maximum atomic E-state index is 12.1. The molecular weight excluding hydrogens is 240 g/mol. The molecule has 4 heteroatoms. The lowest BCUT2D eigenvalue weighted by Crippen LogP contribution is -2.47. The van der Waals surface area contributed by atoms with Crippen molar-refractivity contribution in [3.63, 3.8) is 0 Å². The Kier molecular flexibility index (Phi) is 8.07. The minimum absolute atomic E-state index is 0.0344. The van der Waals surface area contributed by atoms with Gasteiger partial charge in [0, 0.05) is 19.2 Å². The van der Waals surface area contributed by atoms with Crippen molar-refractivity contribution in [2.24, 2.45) is 0 Å². The molecule has 2 atom stereocenters. The Hall–Kier alpha value is -0.610.